The van der Waals surface area contributed by atoms with Crippen molar-refractivity contribution >= 4 is 28.5 Å². The van der Waals surface area contributed by atoms with Crippen LogP contribution in [0, 0.1) is 17.0 Å². The van der Waals surface area contributed by atoms with E-state index in [1.165, 1.54) is 12.1 Å². The van der Waals surface area contributed by atoms with Gasteiger partial charge < -0.3 is 9.84 Å². The summed E-state index contributed by atoms with van der Waals surface area (Å²) in [5.74, 6) is -0.241. The lowest BCUT2D eigenvalue weighted by Crippen LogP contribution is -2.54. The first kappa shape index (κ1) is 23.2. The van der Waals surface area contributed by atoms with E-state index >= 15 is 0 Å². The number of anilines is 2. The number of nitro groups is 1. The molecule has 2 aliphatic heterocycles. The molecule has 1 atom stereocenters. The van der Waals surface area contributed by atoms with E-state index in [9.17, 15) is 15.2 Å². The van der Waals surface area contributed by atoms with E-state index in [0.717, 1.165) is 28.2 Å². The zero-order chi connectivity index (χ0) is 25.4. The number of aryl methyl sites for hydroxylation is 1. The molecule has 3 aromatic carbocycles. The Morgan fingerprint density at radius 3 is 2.53 bits per heavy atom. The fourth-order valence-electron chi connectivity index (χ4n) is 4.77. The van der Waals surface area contributed by atoms with E-state index in [4.69, 9.17) is 9.73 Å². The zero-order valence-electron chi connectivity index (χ0n) is 20.3. The van der Waals surface area contributed by atoms with Crippen LogP contribution in [0.25, 0.3) is 0 Å². The minimum atomic E-state index is -0.840. The largest absolute Gasteiger partial charge is 0.611 e. The third-order valence-electron chi connectivity index (χ3n) is 6.43. The molecule has 1 saturated heterocycles. The monoisotopic (exact) mass is 484 g/mol. The van der Waals surface area contributed by atoms with E-state index in [-0.39, 0.29) is 18.1 Å². The van der Waals surface area contributed by atoms with Crippen LogP contribution in [0.3, 0.4) is 0 Å². The van der Waals surface area contributed by atoms with Crippen LogP contribution in [0.1, 0.15) is 31.4 Å². The maximum atomic E-state index is 13.2. The number of fused-ring (bicyclic) bond motifs is 3. The van der Waals surface area contributed by atoms with Gasteiger partial charge in [0.15, 0.2) is 0 Å². The normalized spacial score (nSPS) is 20.0. The minimum Gasteiger partial charge on any atom is -0.611 e. The lowest BCUT2D eigenvalue weighted by molar-refractivity contribution is -0.384. The SMILES string of the molecule is CCOC([O-])=C1NN(c2ccc([N+](=O)[O-])cc2)C2(C)CC(c3ccccc3)=Nc3cc(C)ccc3N12. The quantitative estimate of drug-likeness (QED) is 0.323. The first-order chi connectivity index (χ1) is 17.3. The highest BCUT2D eigenvalue weighted by molar-refractivity contribution is 6.05. The van der Waals surface area contributed by atoms with Gasteiger partial charge in [-0.15, -0.1) is 0 Å². The van der Waals surface area contributed by atoms with E-state index in [0.29, 0.717) is 12.1 Å². The van der Waals surface area contributed by atoms with Crippen molar-refractivity contribution in [2.75, 3.05) is 16.5 Å². The fraction of sp³-hybridized carbons (Fsp3) is 0.222. The molecule has 0 saturated carbocycles. The second kappa shape index (κ2) is 8.92. The van der Waals surface area contributed by atoms with Crippen molar-refractivity contribution in [3.05, 3.63) is 106 Å². The number of ether oxygens (including phenoxy) is 1. The van der Waals surface area contributed by atoms with Gasteiger partial charge in [0.05, 0.1) is 33.6 Å². The highest BCUT2D eigenvalue weighted by Gasteiger charge is 2.50. The summed E-state index contributed by atoms with van der Waals surface area (Å²) in [6.45, 7) is 6.00. The van der Waals surface area contributed by atoms with Gasteiger partial charge in [-0.1, -0.05) is 43.3 Å². The summed E-state index contributed by atoms with van der Waals surface area (Å²) in [4.78, 5) is 17.8. The summed E-state index contributed by atoms with van der Waals surface area (Å²) in [5.41, 5.74) is 7.44. The summed E-state index contributed by atoms with van der Waals surface area (Å²) >= 11 is 0. The van der Waals surface area contributed by atoms with Crippen molar-refractivity contribution in [1.82, 2.24) is 5.43 Å². The van der Waals surface area contributed by atoms with Gasteiger partial charge in [0.25, 0.3) is 5.69 Å². The van der Waals surface area contributed by atoms with Gasteiger partial charge in [-0.2, -0.15) is 0 Å². The third kappa shape index (κ3) is 3.88. The molecule has 5 rings (SSSR count). The van der Waals surface area contributed by atoms with Gasteiger partial charge in [-0.05, 0) is 55.8 Å². The van der Waals surface area contributed by atoms with Crippen LogP contribution in [0.2, 0.25) is 0 Å². The molecule has 184 valence electrons. The Morgan fingerprint density at radius 2 is 1.86 bits per heavy atom. The van der Waals surface area contributed by atoms with Gasteiger partial charge in [0.1, 0.15) is 11.5 Å². The van der Waals surface area contributed by atoms with Crippen LogP contribution in [0.5, 0.6) is 0 Å². The lowest BCUT2D eigenvalue weighted by Gasteiger charge is -2.40. The predicted molar refractivity (Wildman–Crippen MR) is 137 cm³/mol. The Bertz CT molecular complexity index is 1370. The van der Waals surface area contributed by atoms with Crippen molar-refractivity contribution in [3.8, 4) is 0 Å². The molecule has 0 aliphatic carbocycles. The molecule has 9 heteroatoms. The van der Waals surface area contributed by atoms with Gasteiger partial charge >= 0.3 is 0 Å². The second-order valence-electron chi connectivity index (χ2n) is 8.94. The topological polar surface area (TPSA) is 106 Å². The first-order valence-electron chi connectivity index (χ1n) is 11.7. The molecule has 2 heterocycles. The van der Waals surface area contributed by atoms with Crippen molar-refractivity contribution in [2.24, 2.45) is 4.99 Å². The zero-order valence-corrected chi connectivity index (χ0v) is 20.3. The number of nitro benzene ring substituents is 1. The average Bonchev–Trinajstić information content (AvgIpc) is 3.10. The highest BCUT2D eigenvalue weighted by Crippen LogP contribution is 2.47. The van der Waals surface area contributed by atoms with Crippen LogP contribution >= 0.6 is 0 Å². The number of benzene rings is 3. The van der Waals surface area contributed by atoms with E-state index in [1.54, 1.807) is 19.1 Å². The van der Waals surface area contributed by atoms with E-state index in [2.05, 4.69) is 5.43 Å². The number of hydrazine groups is 1. The van der Waals surface area contributed by atoms with E-state index in [1.807, 2.05) is 72.3 Å². The molecule has 0 aromatic heterocycles. The molecule has 1 unspecified atom stereocenters. The van der Waals surface area contributed by atoms with Crippen LogP contribution < -0.4 is 20.4 Å². The van der Waals surface area contributed by atoms with Gasteiger partial charge in [0, 0.05) is 18.6 Å². The molecule has 2 aliphatic rings. The lowest BCUT2D eigenvalue weighted by atomic mass is 9.97. The third-order valence-corrected chi connectivity index (χ3v) is 6.43. The molecule has 0 bridgehead atoms. The molecule has 1 fully saturated rings. The molecule has 0 spiro atoms. The smallest absolute Gasteiger partial charge is 0.269 e. The van der Waals surface area contributed by atoms with Crippen LogP contribution in [0.15, 0.2) is 89.6 Å². The molecule has 1 N–H and O–H groups in total. The van der Waals surface area contributed by atoms with Gasteiger partial charge in [-0.3, -0.25) is 30.4 Å². The summed E-state index contributed by atoms with van der Waals surface area (Å²) in [6.07, 6.45) is 0.442. The molecule has 9 nitrogen and oxygen atoms in total. The molecule has 0 amide bonds. The fourth-order valence-corrected chi connectivity index (χ4v) is 4.77. The van der Waals surface area contributed by atoms with E-state index < -0.39 is 16.5 Å². The Labute approximate surface area is 209 Å². The summed E-state index contributed by atoms with van der Waals surface area (Å²) in [7, 11) is 0. The molecule has 0 radical (unpaired) electrons. The number of aliphatic imine (C=N–C) groups is 1. The van der Waals surface area contributed by atoms with Crippen molar-refractivity contribution in [2.45, 2.75) is 32.9 Å². The molecule has 3 aromatic rings. The second-order valence-corrected chi connectivity index (χ2v) is 8.94. The summed E-state index contributed by atoms with van der Waals surface area (Å²) in [5, 5.41) is 26.3. The summed E-state index contributed by atoms with van der Waals surface area (Å²) in [6, 6.07) is 22.1. The molecular weight excluding hydrogens is 458 g/mol. The average molecular weight is 485 g/mol. The number of nitrogens with one attached hydrogen (secondary N) is 1. The Balaban J connectivity index is 1.73. The Hall–Kier alpha value is -4.53. The number of hydrogen-bond donors (Lipinski definition) is 1. The number of non-ortho nitro benzene ring substituents is 1. The van der Waals surface area contributed by atoms with Crippen molar-refractivity contribution in [1.29, 1.82) is 0 Å². The predicted octanol–water partition coefficient (Wildman–Crippen LogP) is 4.50. The molecular formula is C27H26N5O4-. The number of hydrogen-bond acceptors (Lipinski definition) is 8. The summed E-state index contributed by atoms with van der Waals surface area (Å²) < 4.78 is 5.41. The molecule has 36 heavy (non-hydrogen) atoms. The maximum absolute atomic E-state index is 13.2. The van der Waals surface area contributed by atoms with Crippen LogP contribution in [0.4, 0.5) is 22.7 Å². The first-order valence-corrected chi connectivity index (χ1v) is 11.7. The van der Waals surface area contributed by atoms with Crippen LogP contribution in [-0.4, -0.2) is 22.9 Å². The number of nitrogens with zero attached hydrogens (tertiary/aromatic N) is 4. The van der Waals surface area contributed by atoms with Crippen molar-refractivity contribution < 1.29 is 14.8 Å². The standard InChI is InChI=1S/C27H27N5O4/c1-4-36-26(33)25-29-31(20-11-13-21(14-12-20)32(34)35)27(3)17-23(19-8-6-5-7-9-19)28-22-16-18(2)10-15-24(22)30(25)27/h5-16,29,33H,4,17H2,1-3H3/p-1. The van der Waals surface area contributed by atoms with Gasteiger partial charge in [0.2, 0.25) is 0 Å². The Kier molecular flexibility index (Phi) is 5.75. The van der Waals surface area contributed by atoms with Crippen LogP contribution in [-0.2, 0) is 4.74 Å². The van der Waals surface area contributed by atoms with Gasteiger partial charge in [-0.25, -0.2) is 0 Å². The maximum Gasteiger partial charge on any atom is 0.269 e. The van der Waals surface area contributed by atoms with Crippen molar-refractivity contribution in [3.63, 3.8) is 0 Å². The Morgan fingerprint density at radius 1 is 1.14 bits per heavy atom. The number of rotatable bonds is 5. The highest BCUT2D eigenvalue weighted by atomic mass is 16.6. The minimum absolute atomic E-state index is 0.0113.